The largest absolute Gasteiger partial charge is 0.368 e. The number of carbonyl (C=O) groups excluding carboxylic acids is 1. The number of piperazine rings is 1. The van der Waals surface area contributed by atoms with Crippen LogP contribution in [0.1, 0.15) is 27.7 Å². The highest BCUT2D eigenvalue weighted by Gasteiger charge is 2.34. The molecule has 0 aliphatic carbocycles. The fourth-order valence-electron chi connectivity index (χ4n) is 2.54. The molecule has 0 radical (unpaired) electrons. The van der Waals surface area contributed by atoms with Gasteiger partial charge >= 0.3 is 0 Å². The number of nitrogens with two attached hydrogens (primary N) is 1. The molecular weight excluding hydrogens is 228 g/mol. The van der Waals surface area contributed by atoms with Crippen LogP contribution < -0.4 is 11.1 Å². The Bertz CT molecular complexity index is 274. The molecule has 1 amide bonds. The molecule has 0 saturated carbocycles. The summed E-state index contributed by atoms with van der Waals surface area (Å²) in [6.07, 6.45) is 0. The Balaban J connectivity index is 2.54. The third kappa shape index (κ3) is 4.23. The van der Waals surface area contributed by atoms with Crippen LogP contribution in [0, 0.1) is 0 Å². The van der Waals surface area contributed by atoms with Crippen molar-refractivity contribution in [2.45, 2.75) is 39.3 Å². The Morgan fingerprint density at radius 1 is 1.28 bits per heavy atom. The molecule has 1 rings (SSSR count). The zero-order valence-electron chi connectivity index (χ0n) is 12.2. The summed E-state index contributed by atoms with van der Waals surface area (Å²) in [5.41, 5.74) is 4.92. The lowest BCUT2D eigenvalue weighted by Crippen LogP contribution is -2.63. The predicted octanol–water partition coefficient (Wildman–Crippen LogP) is -0.134. The average molecular weight is 256 g/mol. The summed E-state index contributed by atoms with van der Waals surface area (Å²) in [6.45, 7) is 14.1. The number of primary amides is 1. The molecule has 3 N–H and O–H groups in total. The van der Waals surface area contributed by atoms with Crippen LogP contribution in [-0.2, 0) is 4.79 Å². The standard InChI is InChI=1S/C13H28N4O/c1-5-16-6-8-17(9-7-16)10-13(4,12(14)18)15-11(2)3/h11,15H,5-10H2,1-4H3,(H2,14,18). The maximum Gasteiger partial charge on any atom is 0.238 e. The molecule has 0 spiro atoms. The molecule has 1 heterocycles. The van der Waals surface area contributed by atoms with Crippen LogP contribution in [0.5, 0.6) is 0 Å². The van der Waals surface area contributed by atoms with E-state index in [1.54, 1.807) is 0 Å². The number of amides is 1. The molecule has 0 aromatic rings. The van der Waals surface area contributed by atoms with E-state index in [1.165, 1.54) is 0 Å². The Hall–Kier alpha value is -0.650. The monoisotopic (exact) mass is 256 g/mol. The van der Waals surface area contributed by atoms with Crippen LogP contribution >= 0.6 is 0 Å². The van der Waals surface area contributed by atoms with E-state index < -0.39 is 5.54 Å². The van der Waals surface area contributed by atoms with Crippen LogP contribution in [0.25, 0.3) is 0 Å². The molecular formula is C13H28N4O. The summed E-state index contributed by atoms with van der Waals surface area (Å²) >= 11 is 0. The SMILES string of the molecule is CCN1CCN(CC(C)(NC(C)C)C(N)=O)CC1. The van der Waals surface area contributed by atoms with Gasteiger partial charge in [0, 0.05) is 38.8 Å². The molecule has 1 saturated heterocycles. The lowest BCUT2D eigenvalue weighted by Gasteiger charge is -2.39. The number of nitrogens with one attached hydrogen (secondary N) is 1. The predicted molar refractivity (Wildman–Crippen MR) is 74.4 cm³/mol. The third-order valence-electron chi connectivity index (χ3n) is 3.60. The fourth-order valence-corrected chi connectivity index (χ4v) is 2.54. The van der Waals surface area contributed by atoms with E-state index in [9.17, 15) is 4.79 Å². The second-order valence-electron chi connectivity index (χ2n) is 5.71. The lowest BCUT2D eigenvalue weighted by atomic mass is 9.99. The maximum absolute atomic E-state index is 11.7. The van der Waals surface area contributed by atoms with Gasteiger partial charge in [-0.1, -0.05) is 6.92 Å². The van der Waals surface area contributed by atoms with E-state index in [2.05, 4.69) is 22.0 Å². The summed E-state index contributed by atoms with van der Waals surface area (Å²) in [6, 6.07) is 0.249. The number of hydrogen-bond donors (Lipinski definition) is 2. The van der Waals surface area contributed by atoms with E-state index in [1.807, 2.05) is 20.8 Å². The first kappa shape index (κ1) is 15.4. The molecule has 18 heavy (non-hydrogen) atoms. The van der Waals surface area contributed by atoms with Crippen LogP contribution in [-0.4, -0.2) is 66.6 Å². The van der Waals surface area contributed by atoms with Crippen molar-refractivity contribution in [2.75, 3.05) is 39.3 Å². The first-order valence-corrected chi connectivity index (χ1v) is 6.89. The van der Waals surface area contributed by atoms with E-state index in [0.29, 0.717) is 6.54 Å². The number of carbonyl (C=O) groups is 1. The number of likely N-dealkylation sites (N-methyl/N-ethyl adjacent to an activating group) is 1. The zero-order chi connectivity index (χ0) is 13.8. The zero-order valence-corrected chi connectivity index (χ0v) is 12.2. The molecule has 1 fully saturated rings. The second kappa shape index (κ2) is 6.50. The second-order valence-corrected chi connectivity index (χ2v) is 5.71. The first-order valence-electron chi connectivity index (χ1n) is 6.89. The van der Waals surface area contributed by atoms with E-state index in [-0.39, 0.29) is 11.9 Å². The molecule has 0 aromatic carbocycles. The van der Waals surface area contributed by atoms with Gasteiger partial charge in [0.1, 0.15) is 5.54 Å². The van der Waals surface area contributed by atoms with Crippen molar-refractivity contribution in [3.8, 4) is 0 Å². The lowest BCUT2D eigenvalue weighted by molar-refractivity contribution is -0.125. The summed E-state index contributed by atoms with van der Waals surface area (Å²) in [4.78, 5) is 16.4. The minimum Gasteiger partial charge on any atom is -0.368 e. The number of rotatable bonds is 6. The molecule has 0 aromatic heterocycles. The van der Waals surface area contributed by atoms with Crippen molar-refractivity contribution in [1.29, 1.82) is 0 Å². The van der Waals surface area contributed by atoms with Crippen molar-refractivity contribution in [3.05, 3.63) is 0 Å². The van der Waals surface area contributed by atoms with Crippen molar-refractivity contribution in [1.82, 2.24) is 15.1 Å². The van der Waals surface area contributed by atoms with Gasteiger partial charge in [0.05, 0.1) is 0 Å². The summed E-state index contributed by atoms with van der Waals surface area (Å²) in [5, 5.41) is 3.30. The quantitative estimate of drug-likeness (QED) is 0.695. The molecule has 1 aliphatic heterocycles. The van der Waals surface area contributed by atoms with E-state index in [4.69, 9.17) is 5.73 Å². The van der Waals surface area contributed by atoms with Crippen LogP contribution in [0.4, 0.5) is 0 Å². The van der Waals surface area contributed by atoms with Crippen molar-refractivity contribution < 1.29 is 4.79 Å². The van der Waals surface area contributed by atoms with Gasteiger partial charge in [-0.05, 0) is 27.3 Å². The van der Waals surface area contributed by atoms with Gasteiger partial charge in [0.25, 0.3) is 0 Å². The van der Waals surface area contributed by atoms with E-state index >= 15 is 0 Å². The van der Waals surface area contributed by atoms with Crippen LogP contribution in [0.15, 0.2) is 0 Å². The van der Waals surface area contributed by atoms with Crippen molar-refractivity contribution >= 4 is 5.91 Å². The van der Waals surface area contributed by atoms with Gasteiger partial charge in [0.2, 0.25) is 5.91 Å². The highest BCUT2D eigenvalue weighted by molar-refractivity contribution is 5.84. The van der Waals surface area contributed by atoms with Gasteiger partial charge in [-0.25, -0.2) is 0 Å². The third-order valence-corrected chi connectivity index (χ3v) is 3.60. The molecule has 1 aliphatic rings. The highest BCUT2D eigenvalue weighted by atomic mass is 16.1. The first-order chi connectivity index (χ1) is 8.37. The molecule has 1 atom stereocenters. The van der Waals surface area contributed by atoms with Gasteiger partial charge in [-0.15, -0.1) is 0 Å². The average Bonchev–Trinajstić information content (AvgIpc) is 2.28. The smallest absolute Gasteiger partial charge is 0.238 e. The van der Waals surface area contributed by atoms with Gasteiger partial charge < -0.3 is 16.0 Å². The molecule has 5 nitrogen and oxygen atoms in total. The number of hydrogen-bond acceptors (Lipinski definition) is 4. The van der Waals surface area contributed by atoms with Crippen LogP contribution in [0.3, 0.4) is 0 Å². The van der Waals surface area contributed by atoms with Gasteiger partial charge in [0.15, 0.2) is 0 Å². The Morgan fingerprint density at radius 3 is 2.17 bits per heavy atom. The normalized spacial score (nSPS) is 22.1. The van der Waals surface area contributed by atoms with Crippen molar-refractivity contribution in [3.63, 3.8) is 0 Å². The summed E-state index contributed by atoms with van der Waals surface area (Å²) in [7, 11) is 0. The Kier molecular flexibility index (Phi) is 5.56. The molecule has 106 valence electrons. The Morgan fingerprint density at radius 2 is 1.78 bits per heavy atom. The topological polar surface area (TPSA) is 61.6 Å². The minimum atomic E-state index is -0.636. The molecule has 5 heteroatoms. The minimum absolute atomic E-state index is 0.249. The number of nitrogens with zero attached hydrogens (tertiary/aromatic N) is 2. The van der Waals surface area contributed by atoms with E-state index in [0.717, 1.165) is 32.7 Å². The molecule has 0 bridgehead atoms. The summed E-state index contributed by atoms with van der Waals surface area (Å²) < 4.78 is 0. The highest BCUT2D eigenvalue weighted by Crippen LogP contribution is 2.10. The van der Waals surface area contributed by atoms with Crippen LogP contribution in [0.2, 0.25) is 0 Å². The molecule has 1 unspecified atom stereocenters. The fraction of sp³-hybridized carbons (Fsp3) is 0.923. The van der Waals surface area contributed by atoms with Gasteiger partial charge in [-0.2, -0.15) is 0 Å². The Labute approximate surface area is 111 Å². The van der Waals surface area contributed by atoms with Gasteiger partial charge in [-0.3, -0.25) is 9.69 Å². The van der Waals surface area contributed by atoms with Crippen molar-refractivity contribution in [2.24, 2.45) is 5.73 Å². The summed E-state index contributed by atoms with van der Waals surface area (Å²) in [5.74, 6) is -0.269. The maximum atomic E-state index is 11.7.